The molecule has 4 rings (SSSR count). The summed E-state index contributed by atoms with van der Waals surface area (Å²) in [7, 11) is 0. The molecular formula is C23H23F2N7O2. The van der Waals surface area contributed by atoms with Gasteiger partial charge in [-0.3, -0.25) is 19.4 Å². The molecule has 1 aromatic carbocycles. The first-order chi connectivity index (χ1) is 16.2. The van der Waals surface area contributed by atoms with Crippen molar-refractivity contribution >= 4 is 17.1 Å². The average Bonchev–Trinajstić information content (AvgIpc) is 3.32. The summed E-state index contributed by atoms with van der Waals surface area (Å²) in [5.74, 6) is 3.74. The van der Waals surface area contributed by atoms with Crippen molar-refractivity contribution in [1.82, 2.24) is 14.1 Å². The van der Waals surface area contributed by atoms with Crippen molar-refractivity contribution in [1.29, 1.82) is 5.26 Å². The number of pyridine rings is 1. The summed E-state index contributed by atoms with van der Waals surface area (Å²) in [6.07, 6.45) is 6.00. The number of aromatic nitrogens is 3. The molecule has 9 nitrogen and oxygen atoms in total. The topological polar surface area (TPSA) is 136 Å². The highest BCUT2D eigenvalue weighted by Gasteiger charge is 2.31. The van der Waals surface area contributed by atoms with Gasteiger partial charge in [0.1, 0.15) is 12.2 Å². The van der Waals surface area contributed by atoms with Gasteiger partial charge in [0.2, 0.25) is 0 Å². The lowest BCUT2D eigenvalue weighted by Crippen LogP contribution is -2.46. The molecule has 176 valence electrons. The van der Waals surface area contributed by atoms with Crippen LogP contribution in [0.4, 0.5) is 25.8 Å². The van der Waals surface area contributed by atoms with Gasteiger partial charge in [0, 0.05) is 24.2 Å². The van der Waals surface area contributed by atoms with Crippen LogP contribution in [0.25, 0.3) is 5.69 Å². The fourth-order valence-corrected chi connectivity index (χ4v) is 4.49. The third-order valence-electron chi connectivity index (χ3n) is 6.02. The molecule has 0 atom stereocenters. The van der Waals surface area contributed by atoms with Gasteiger partial charge in [0.05, 0.1) is 35.0 Å². The van der Waals surface area contributed by atoms with E-state index in [0.29, 0.717) is 18.4 Å². The lowest BCUT2D eigenvalue weighted by atomic mass is 10.0. The Morgan fingerprint density at radius 2 is 1.85 bits per heavy atom. The van der Waals surface area contributed by atoms with Gasteiger partial charge in [0.25, 0.3) is 5.56 Å². The summed E-state index contributed by atoms with van der Waals surface area (Å²) in [5, 5.41) is 10.4. The van der Waals surface area contributed by atoms with Gasteiger partial charge in [-0.2, -0.15) is 5.26 Å². The van der Waals surface area contributed by atoms with Crippen molar-refractivity contribution in [3.05, 3.63) is 74.3 Å². The van der Waals surface area contributed by atoms with E-state index >= 15 is 0 Å². The second-order valence-electron chi connectivity index (χ2n) is 8.30. The summed E-state index contributed by atoms with van der Waals surface area (Å²) in [6.45, 7) is 1.42. The van der Waals surface area contributed by atoms with Crippen molar-refractivity contribution in [3.63, 3.8) is 0 Å². The number of anilines is 3. The Labute approximate surface area is 193 Å². The molecule has 2 aromatic heterocycles. The van der Waals surface area contributed by atoms with Gasteiger partial charge in [0.15, 0.2) is 11.6 Å². The van der Waals surface area contributed by atoms with Crippen LogP contribution in [0.3, 0.4) is 0 Å². The van der Waals surface area contributed by atoms with Crippen LogP contribution in [0.1, 0.15) is 42.9 Å². The summed E-state index contributed by atoms with van der Waals surface area (Å²) >= 11 is 0. The second kappa shape index (κ2) is 9.07. The highest BCUT2D eigenvalue weighted by molar-refractivity contribution is 5.75. The number of hydrazine groups is 1. The van der Waals surface area contributed by atoms with Crippen molar-refractivity contribution < 1.29 is 8.78 Å². The summed E-state index contributed by atoms with van der Waals surface area (Å²) < 4.78 is 29.9. The molecule has 11 heteroatoms. The zero-order valence-electron chi connectivity index (χ0n) is 18.5. The van der Waals surface area contributed by atoms with Gasteiger partial charge in [-0.05, 0) is 31.4 Å². The molecule has 0 amide bonds. The van der Waals surface area contributed by atoms with E-state index in [9.17, 15) is 23.6 Å². The predicted molar refractivity (Wildman–Crippen MR) is 123 cm³/mol. The fourth-order valence-electron chi connectivity index (χ4n) is 4.49. The highest BCUT2D eigenvalue weighted by atomic mass is 19.2. The van der Waals surface area contributed by atoms with Crippen LogP contribution in [-0.4, -0.2) is 14.1 Å². The molecule has 0 spiro atoms. The smallest absolute Gasteiger partial charge is 0.336 e. The molecule has 1 aliphatic rings. The number of hydrogen-bond donors (Lipinski definition) is 2. The van der Waals surface area contributed by atoms with Crippen LogP contribution < -0.4 is 27.8 Å². The summed E-state index contributed by atoms with van der Waals surface area (Å²) in [6, 6.07) is 5.13. The molecule has 0 aliphatic heterocycles. The lowest BCUT2D eigenvalue weighted by molar-refractivity contribution is 0.509. The predicted octanol–water partition coefficient (Wildman–Crippen LogP) is 2.76. The third-order valence-corrected chi connectivity index (χ3v) is 6.02. The first kappa shape index (κ1) is 23.1. The Morgan fingerprint density at radius 1 is 1.18 bits per heavy atom. The number of aryl methyl sites for hydroxylation is 1. The molecule has 0 bridgehead atoms. The van der Waals surface area contributed by atoms with E-state index in [2.05, 4.69) is 4.98 Å². The average molecular weight is 467 g/mol. The maximum Gasteiger partial charge on any atom is 0.336 e. The zero-order chi connectivity index (χ0) is 24.6. The standard InChI is InChI=1S/C23H23F2N7O2/c1-13-8-15(12-29-11-13)31-22(33)21(32(28)19-10-17(25)16(24)9-18(19)27)20(14-4-2-3-5-14)30(7-6-26)23(31)34/h8-12,14H,2-5,7,27-28H2,1H3. The Morgan fingerprint density at radius 3 is 2.50 bits per heavy atom. The van der Waals surface area contributed by atoms with Crippen LogP contribution in [0, 0.1) is 29.9 Å². The van der Waals surface area contributed by atoms with Crippen molar-refractivity contribution in [3.8, 4) is 11.8 Å². The maximum absolute atomic E-state index is 14.1. The Kier molecular flexibility index (Phi) is 6.17. The minimum Gasteiger partial charge on any atom is -0.397 e. The van der Waals surface area contributed by atoms with E-state index in [1.807, 2.05) is 6.07 Å². The van der Waals surface area contributed by atoms with Crippen molar-refractivity contribution in [2.24, 2.45) is 5.84 Å². The van der Waals surface area contributed by atoms with Crippen LogP contribution in [0.15, 0.2) is 40.2 Å². The lowest BCUT2D eigenvalue weighted by Gasteiger charge is -2.28. The number of nitriles is 1. The minimum atomic E-state index is -1.20. The van der Waals surface area contributed by atoms with Gasteiger partial charge in [-0.15, -0.1) is 0 Å². The van der Waals surface area contributed by atoms with E-state index in [0.717, 1.165) is 34.6 Å². The van der Waals surface area contributed by atoms with Crippen LogP contribution >= 0.6 is 0 Å². The Balaban J connectivity index is 2.10. The molecule has 2 heterocycles. The maximum atomic E-state index is 14.1. The molecule has 1 fully saturated rings. The summed E-state index contributed by atoms with van der Waals surface area (Å²) in [5.41, 5.74) is 5.10. The second-order valence-corrected chi connectivity index (χ2v) is 8.30. The van der Waals surface area contributed by atoms with Crippen LogP contribution in [0.2, 0.25) is 0 Å². The molecule has 0 saturated heterocycles. The van der Waals surface area contributed by atoms with E-state index in [1.54, 1.807) is 19.2 Å². The molecule has 1 aliphatic carbocycles. The first-order valence-corrected chi connectivity index (χ1v) is 10.7. The molecule has 0 radical (unpaired) electrons. The van der Waals surface area contributed by atoms with Crippen LogP contribution in [0.5, 0.6) is 0 Å². The third kappa shape index (κ3) is 3.92. The van der Waals surface area contributed by atoms with Crippen LogP contribution in [-0.2, 0) is 6.54 Å². The number of benzene rings is 1. The Hall–Kier alpha value is -4.04. The van der Waals surface area contributed by atoms with Gasteiger partial charge < -0.3 is 5.73 Å². The van der Waals surface area contributed by atoms with E-state index < -0.39 is 22.9 Å². The number of rotatable bonds is 5. The number of nitrogen functional groups attached to an aromatic ring is 1. The van der Waals surface area contributed by atoms with E-state index in [4.69, 9.17) is 11.6 Å². The minimum absolute atomic E-state index is 0.138. The molecular weight excluding hydrogens is 444 g/mol. The van der Waals surface area contributed by atoms with E-state index in [-0.39, 0.29) is 40.9 Å². The quantitative estimate of drug-likeness (QED) is 0.334. The Bertz CT molecular complexity index is 1420. The zero-order valence-corrected chi connectivity index (χ0v) is 18.5. The number of halogens is 2. The number of hydrogen-bond acceptors (Lipinski definition) is 7. The fraction of sp³-hybridized carbons (Fsp3) is 0.304. The number of nitrogens with two attached hydrogens (primary N) is 2. The molecule has 3 aromatic rings. The van der Waals surface area contributed by atoms with Gasteiger partial charge >= 0.3 is 5.69 Å². The molecule has 4 N–H and O–H groups in total. The van der Waals surface area contributed by atoms with Crippen molar-refractivity contribution in [2.75, 3.05) is 10.7 Å². The van der Waals surface area contributed by atoms with Gasteiger partial charge in [-0.1, -0.05) is 12.8 Å². The normalized spacial score (nSPS) is 13.7. The van der Waals surface area contributed by atoms with Crippen molar-refractivity contribution in [2.45, 2.75) is 45.1 Å². The van der Waals surface area contributed by atoms with E-state index in [1.165, 1.54) is 10.8 Å². The van der Waals surface area contributed by atoms with Gasteiger partial charge in [-0.25, -0.2) is 24.0 Å². The molecule has 34 heavy (non-hydrogen) atoms. The molecule has 0 unspecified atom stereocenters. The monoisotopic (exact) mass is 467 g/mol. The largest absolute Gasteiger partial charge is 0.397 e. The molecule has 1 saturated carbocycles. The number of nitrogens with zero attached hydrogens (tertiary/aromatic N) is 5. The summed E-state index contributed by atoms with van der Waals surface area (Å²) in [4.78, 5) is 31.4. The SMILES string of the molecule is Cc1cncc(-n2c(=O)c(N(N)c3cc(F)c(F)cc3N)c(C3CCCC3)n(CC#N)c2=O)c1. The first-order valence-electron chi connectivity index (χ1n) is 10.7. The highest BCUT2D eigenvalue weighted by Crippen LogP contribution is 2.39.